The van der Waals surface area contributed by atoms with Crippen molar-refractivity contribution in [3.63, 3.8) is 0 Å². The quantitative estimate of drug-likeness (QED) is 0.829. The van der Waals surface area contributed by atoms with Crippen molar-refractivity contribution in [2.45, 2.75) is 39.3 Å². The zero-order valence-electron chi connectivity index (χ0n) is 11.7. The SMILES string of the molecule is CC(C)OCCCCn1c(N)nc2c(F)cc(F)cc21. The molecule has 0 aliphatic heterocycles. The fourth-order valence-corrected chi connectivity index (χ4v) is 2.09. The normalized spacial score (nSPS) is 11.7. The fourth-order valence-electron chi connectivity index (χ4n) is 2.09. The average molecular weight is 283 g/mol. The minimum absolute atomic E-state index is 0.113. The average Bonchev–Trinajstić information content (AvgIpc) is 2.66. The summed E-state index contributed by atoms with van der Waals surface area (Å²) in [7, 11) is 0. The van der Waals surface area contributed by atoms with Crippen LogP contribution in [0.3, 0.4) is 0 Å². The maximum Gasteiger partial charge on any atom is 0.201 e. The van der Waals surface area contributed by atoms with E-state index in [9.17, 15) is 8.78 Å². The number of ether oxygens (including phenoxy) is 1. The van der Waals surface area contributed by atoms with E-state index in [0.717, 1.165) is 18.9 Å². The van der Waals surface area contributed by atoms with Gasteiger partial charge in [0.25, 0.3) is 0 Å². The van der Waals surface area contributed by atoms with Crippen molar-refractivity contribution in [1.29, 1.82) is 0 Å². The Morgan fingerprint density at radius 2 is 2.05 bits per heavy atom. The van der Waals surface area contributed by atoms with Crippen LogP contribution in [0.5, 0.6) is 0 Å². The lowest BCUT2D eigenvalue weighted by Crippen LogP contribution is -2.07. The molecule has 20 heavy (non-hydrogen) atoms. The molecule has 2 rings (SSSR count). The van der Waals surface area contributed by atoms with Gasteiger partial charge in [0.1, 0.15) is 11.3 Å². The molecule has 0 fully saturated rings. The highest BCUT2D eigenvalue weighted by Crippen LogP contribution is 2.22. The van der Waals surface area contributed by atoms with E-state index in [0.29, 0.717) is 18.7 Å². The zero-order valence-corrected chi connectivity index (χ0v) is 11.7. The van der Waals surface area contributed by atoms with Crippen molar-refractivity contribution < 1.29 is 13.5 Å². The van der Waals surface area contributed by atoms with Crippen LogP contribution < -0.4 is 5.73 Å². The number of nitrogen functional groups attached to an aromatic ring is 1. The van der Waals surface area contributed by atoms with E-state index < -0.39 is 11.6 Å². The predicted octanol–water partition coefficient (Wildman–Crippen LogP) is 3.10. The van der Waals surface area contributed by atoms with E-state index in [1.165, 1.54) is 6.07 Å². The Balaban J connectivity index is 2.08. The number of hydrogen-bond acceptors (Lipinski definition) is 3. The van der Waals surface area contributed by atoms with Gasteiger partial charge in [0.2, 0.25) is 5.95 Å². The molecule has 0 bridgehead atoms. The van der Waals surface area contributed by atoms with Gasteiger partial charge in [-0.2, -0.15) is 0 Å². The molecule has 0 atom stereocenters. The summed E-state index contributed by atoms with van der Waals surface area (Å²) in [6, 6.07) is 2.07. The van der Waals surface area contributed by atoms with Crippen molar-refractivity contribution in [1.82, 2.24) is 9.55 Å². The van der Waals surface area contributed by atoms with Crippen LogP contribution in [0.25, 0.3) is 11.0 Å². The van der Waals surface area contributed by atoms with Crippen LogP contribution in [-0.2, 0) is 11.3 Å². The maximum atomic E-state index is 13.6. The predicted molar refractivity (Wildman–Crippen MR) is 74.4 cm³/mol. The molecule has 110 valence electrons. The Hall–Kier alpha value is -1.69. The van der Waals surface area contributed by atoms with Crippen LogP contribution >= 0.6 is 0 Å². The van der Waals surface area contributed by atoms with E-state index in [1.807, 2.05) is 13.8 Å². The molecule has 0 saturated carbocycles. The first-order valence-electron chi connectivity index (χ1n) is 6.71. The number of rotatable bonds is 6. The summed E-state index contributed by atoms with van der Waals surface area (Å²) in [5, 5.41) is 0. The number of anilines is 1. The van der Waals surface area contributed by atoms with Gasteiger partial charge in [0, 0.05) is 25.3 Å². The second-order valence-electron chi connectivity index (χ2n) is 5.00. The number of benzene rings is 1. The number of halogens is 2. The van der Waals surface area contributed by atoms with Crippen LogP contribution in [0.4, 0.5) is 14.7 Å². The Kier molecular flexibility index (Phi) is 4.54. The third-order valence-electron chi connectivity index (χ3n) is 3.03. The lowest BCUT2D eigenvalue weighted by atomic mass is 10.2. The first-order chi connectivity index (χ1) is 9.49. The second kappa shape index (κ2) is 6.17. The Morgan fingerprint density at radius 3 is 2.75 bits per heavy atom. The van der Waals surface area contributed by atoms with Gasteiger partial charge in [0.15, 0.2) is 5.82 Å². The molecule has 0 aliphatic carbocycles. The highest BCUT2D eigenvalue weighted by Gasteiger charge is 2.13. The molecule has 1 aromatic carbocycles. The van der Waals surface area contributed by atoms with Gasteiger partial charge < -0.3 is 15.0 Å². The van der Waals surface area contributed by atoms with Gasteiger partial charge in [-0.05, 0) is 26.7 Å². The van der Waals surface area contributed by atoms with Gasteiger partial charge in [0.05, 0.1) is 11.6 Å². The smallest absolute Gasteiger partial charge is 0.201 e. The number of nitrogens with two attached hydrogens (primary N) is 1. The van der Waals surface area contributed by atoms with E-state index in [2.05, 4.69) is 4.98 Å². The Morgan fingerprint density at radius 1 is 1.30 bits per heavy atom. The zero-order chi connectivity index (χ0) is 14.7. The highest BCUT2D eigenvalue weighted by atomic mass is 19.1. The first kappa shape index (κ1) is 14.7. The Labute approximate surface area is 116 Å². The van der Waals surface area contributed by atoms with Gasteiger partial charge in [-0.1, -0.05) is 0 Å². The molecule has 6 heteroatoms. The molecule has 0 amide bonds. The largest absolute Gasteiger partial charge is 0.379 e. The number of aryl methyl sites for hydroxylation is 1. The number of imidazole rings is 1. The molecular weight excluding hydrogens is 264 g/mol. The standard InChI is InChI=1S/C14H19F2N3O/c1-9(2)20-6-4-3-5-19-12-8-10(15)7-11(16)13(12)18-14(19)17/h7-9H,3-6H2,1-2H3,(H2,17,18). The van der Waals surface area contributed by atoms with Gasteiger partial charge in [-0.3, -0.25) is 0 Å². The lowest BCUT2D eigenvalue weighted by Gasteiger charge is -2.09. The number of aromatic nitrogens is 2. The van der Waals surface area contributed by atoms with Gasteiger partial charge in [-0.25, -0.2) is 13.8 Å². The highest BCUT2D eigenvalue weighted by molar-refractivity contribution is 5.79. The van der Waals surface area contributed by atoms with Gasteiger partial charge in [-0.15, -0.1) is 0 Å². The van der Waals surface area contributed by atoms with Crippen LogP contribution in [0.2, 0.25) is 0 Å². The molecule has 1 aromatic heterocycles. The lowest BCUT2D eigenvalue weighted by molar-refractivity contribution is 0.0755. The van der Waals surface area contributed by atoms with E-state index in [4.69, 9.17) is 10.5 Å². The molecule has 0 radical (unpaired) electrons. The monoisotopic (exact) mass is 283 g/mol. The van der Waals surface area contributed by atoms with Gasteiger partial charge >= 0.3 is 0 Å². The molecule has 0 unspecified atom stereocenters. The van der Waals surface area contributed by atoms with Crippen LogP contribution in [-0.4, -0.2) is 22.3 Å². The third kappa shape index (κ3) is 3.25. The summed E-state index contributed by atoms with van der Waals surface area (Å²) in [6.07, 6.45) is 1.87. The number of fused-ring (bicyclic) bond motifs is 1. The van der Waals surface area contributed by atoms with Crippen LogP contribution in [0, 0.1) is 11.6 Å². The van der Waals surface area contributed by atoms with Crippen molar-refractivity contribution >= 4 is 17.0 Å². The molecule has 0 aliphatic rings. The maximum absolute atomic E-state index is 13.6. The molecule has 2 aromatic rings. The molecule has 4 nitrogen and oxygen atoms in total. The van der Waals surface area contributed by atoms with E-state index >= 15 is 0 Å². The summed E-state index contributed by atoms with van der Waals surface area (Å²) in [6.45, 7) is 5.18. The van der Waals surface area contributed by atoms with E-state index in [1.54, 1.807) is 4.57 Å². The molecule has 0 saturated heterocycles. The summed E-state index contributed by atoms with van der Waals surface area (Å²) < 4.78 is 33.9. The third-order valence-corrected chi connectivity index (χ3v) is 3.03. The number of nitrogens with zero attached hydrogens (tertiary/aromatic N) is 2. The fraction of sp³-hybridized carbons (Fsp3) is 0.500. The van der Waals surface area contributed by atoms with Crippen molar-refractivity contribution in [2.24, 2.45) is 0 Å². The van der Waals surface area contributed by atoms with Crippen molar-refractivity contribution in [2.75, 3.05) is 12.3 Å². The molecular formula is C14H19F2N3O. The summed E-state index contributed by atoms with van der Waals surface area (Å²) in [4.78, 5) is 3.95. The minimum atomic E-state index is -0.686. The topological polar surface area (TPSA) is 53.1 Å². The minimum Gasteiger partial charge on any atom is -0.379 e. The molecule has 2 N–H and O–H groups in total. The van der Waals surface area contributed by atoms with Crippen molar-refractivity contribution in [3.8, 4) is 0 Å². The Bertz CT molecular complexity index is 596. The number of unbranched alkanes of at least 4 members (excludes halogenated alkanes) is 1. The number of hydrogen-bond donors (Lipinski definition) is 1. The first-order valence-corrected chi connectivity index (χ1v) is 6.71. The summed E-state index contributed by atoms with van der Waals surface area (Å²) >= 11 is 0. The summed E-state index contributed by atoms with van der Waals surface area (Å²) in [5.41, 5.74) is 6.27. The molecule has 1 heterocycles. The van der Waals surface area contributed by atoms with Crippen LogP contribution in [0.1, 0.15) is 26.7 Å². The second-order valence-corrected chi connectivity index (χ2v) is 5.00. The van der Waals surface area contributed by atoms with Crippen LogP contribution in [0.15, 0.2) is 12.1 Å². The molecule has 0 spiro atoms. The summed E-state index contributed by atoms with van der Waals surface area (Å²) in [5.74, 6) is -1.11. The van der Waals surface area contributed by atoms with Crippen molar-refractivity contribution in [3.05, 3.63) is 23.8 Å². The van der Waals surface area contributed by atoms with E-state index in [-0.39, 0.29) is 17.6 Å².